The first-order valence-corrected chi connectivity index (χ1v) is 29.9. The number of carbonyl (C=O) groups is 2. The minimum absolute atomic E-state index is 0.0984. The van der Waals surface area contributed by atoms with Crippen LogP contribution < -0.4 is 5.32 Å². The van der Waals surface area contributed by atoms with E-state index in [1.807, 2.05) is 6.08 Å². The number of carbonyl (C=O) groups excluding carboxylic acids is 2. The van der Waals surface area contributed by atoms with Crippen LogP contribution in [0.25, 0.3) is 0 Å². The van der Waals surface area contributed by atoms with Crippen LogP contribution in [-0.2, 0) is 23.8 Å². The monoisotopic (exact) mass is 1020 g/mol. The van der Waals surface area contributed by atoms with Crippen LogP contribution in [0.3, 0.4) is 0 Å². The Morgan fingerprint density at radius 3 is 1.50 bits per heavy atom. The maximum absolute atomic E-state index is 13.4. The highest BCUT2D eigenvalue weighted by atomic mass is 16.7. The van der Waals surface area contributed by atoms with Gasteiger partial charge in [0.15, 0.2) is 12.4 Å². The Morgan fingerprint density at radius 2 is 1.00 bits per heavy atom. The molecule has 0 radical (unpaired) electrons. The molecule has 0 aromatic heterocycles. The van der Waals surface area contributed by atoms with Crippen molar-refractivity contribution in [3.05, 3.63) is 48.6 Å². The van der Waals surface area contributed by atoms with E-state index in [0.717, 1.165) is 83.5 Å². The lowest BCUT2D eigenvalue weighted by molar-refractivity contribution is -0.305. The molecule has 8 unspecified atom stereocenters. The summed E-state index contributed by atoms with van der Waals surface area (Å²) in [4.78, 5) is 26.5. The fourth-order valence-corrected chi connectivity index (χ4v) is 9.25. The van der Waals surface area contributed by atoms with Crippen molar-refractivity contribution in [3.8, 4) is 0 Å². The molecule has 1 fully saturated rings. The van der Waals surface area contributed by atoms with Crippen molar-refractivity contribution in [2.45, 2.75) is 314 Å². The summed E-state index contributed by atoms with van der Waals surface area (Å²) in [5.74, 6) is -1.21. The molecule has 1 amide bonds. The highest BCUT2D eigenvalue weighted by molar-refractivity contribution is 5.80. The average molecular weight is 1020 g/mol. The Morgan fingerprint density at radius 1 is 0.556 bits per heavy atom. The van der Waals surface area contributed by atoms with Gasteiger partial charge in [0.1, 0.15) is 24.4 Å². The van der Waals surface area contributed by atoms with Gasteiger partial charge in [0.25, 0.3) is 0 Å². The molecule has 420 valence electrons. The number of allylic oxidation sites excluding steroid dienone is 7. The van der Waals surface area contributed by atoms with E-state index < -0.39 is 67.4 Å². The molecule has 72 heavy (non-hydrogen) atoms. The summed E-state index contributed by atoms with van der Waals surface area (Å²) in [6.07, 6.45) is 48.6. The van der Waals surface area contributed by atoms with Gasteiger partial charge in [-0.2, -0.15) is 0 Å². The average Bonchev–Trinajstić information content (AvgIpc) is 3.38. The summed E-state index contributed by atoms with van der Waals surface area (Å²) in [5.41, 5.74) is 0. The third-order valence-corrected chi connectivity index (χ3v) is 14.0. The first-order valence-electron chi connectivity index (χ1n) is 29.9. The quantitative estimate of drug-likeness (QED) is 0.0195. The van der Waals surface area contributed by atoms with Crippen molar-refractivity contribution < 1.29 is 49.3 Å². The van der Waals surface area contributed by atoms with E-state index in [1.165, 1.54) is 135 Å². The first kappa shape index (κ1) is 67.6. The van der Waals surface area contributed by atoms with E-state index in [2.05, 4.69) is 62.5 Å². The second kappa shape index (κ2) is 49.5. The normalized spacial score (nSPS) is 19.8. The number of ether oxygens (including phenoxy) is 3. The first-order chi connectivity index (χ1) is 35.2. The van der Waals surface area contributed by atoms with Crippen molar-refractivity contribution in [1.82, 2.24) is 5.32 Å². The van der Waals surface area contributed by atoms with Crippen molar-refractivity contribution in [3.63, 3.8) is 0 Å². The minimum Gasteiger partial charge on any atom is -0.454 e. The minimum atomic E-state index is -1.62. The molecular formula is C61H111NO10. The number of hydrogen-bond acceptors (Lipinski definition) is 10. The van der Waals surface area contributed by atoms with Gasteiger partial charge < -0.3 is 45.1 Å². The Bertz CT molecular complexity index is 1350. The van der Waals surface area contributed by atoms with Gasteiger partial charge in [-0.15, -0.1) is 0 Å². The van der Waals surface area contributed by atoms with E-state index in [9.17, 15) is 35.1 Å². The van der Waals surface area contributed by atoms with E-state index in [0.29, 0.717) is 19.3 Å². The van der Waals surface area contributed by atoms with Crippen LogP contribution in [0.1, 0.15) is 265 Å². The lowest BCUT2D eigenvalue weighted by Crippen LogP contribution is -2.61. The predicted octanol–water partition coefficient (Wildman–Crippen LogP) is 13.7. The topological polar surface area (TPSA) is 175 Å². The molecule has 1 heterocycles. The van der Waals surface area contributed by atoms with Crippen LogP contribution in [-0.4, -0.2) is 99.6 Å². The molecule has 1 saturated heterocycles. The van der Waals surface area contributed by atoms with Crippen molar-refractivity contribution in [2.24, 2.45) is 0 Å². The lowest BCUT2D eigenvalue weighted by atomic mass is 9.99. The number of esters is 1. The van der Waals surface area contributed by atoms with Gasteiger partial charge in [0.05, 0.1) is 25.4 Å². The smallest absolute Gasteiger partial charge is 0.306 e. The third-order valence-electron chi connectivity index (χ3n) is 14.0. The number of unbranched alkanes of at least 4 members (excludes halogenated alkanes) is 30. The van der Waals surface area contributed by atoms with Crippen LogP contribution in [0.4, 0.5) is 0 Å². The maximum atomic E-state index is 13.4. The van der Waals surface area contributed by atoms with Gasteiger partial charge in [-0.3, -0.25) is 9.59 Å². The van der Waals surface area contributed by atoms with Crippen molar-refractivity contribution in [1.29, 1.82) is 0 Å². The molecule has 0 aromatic rings. The molecule has 8 atom stereocenters. The molecule has 0 spiro atoms. The summed E-state index contributed by atoms with van der Waals surface area (Å²) >= 11 is 0. The zero-order chi connectivity index (χ0) is 52.5. The molecule has 1 aliphatic heterocycles. The number of aliphatic hydroxyl groups is 5. The molecule has 1 rings (SSSR count). The van der Waals surface area contributed by atoms with E-state index in [-0.39, 0.29) is 13.0 Å². The fourth-order valence-electron chi connectivity index (χ4n) is 9.25. The largest absolute Gasteiger partial charge is 0.454 e. The summed E-state index contributed by atoms with van der Waals surface area (Å²) in [6, 6.07) is -1.03. The second-order valence-electron chi connectivity index (χ2n) is 20.7. The molecule has 11 heteroatoms. The molecule has 6 N–H and O–H groups in total. The summed E-state index contributed by atoms with van der Waals surface area (Å²) < 4.78 is 17.6. The number of amides is 1. The Balaban J connectivity index is 2.73. The SMILES string of the molecule is CC/C=C/C/C=C/C/C=C/CCCCCCC(=O)OC1C(OCC(NC(=O)C(O)CCCCCCCCCCCCCCCCCC)C(O)/C=C/CCCCCCCCCCCCC)OC(CO)C(O)C1O. The van der Waals surface area contributed by atoms with Crippen LogP contribution in [0.15, 0.2) is 48.6 Å². The Hall–Kier alpha value is -2.38. The van der Waals surface area contributed by atoms with E-state index >= 15 is 0 Å². The number of aliphatic hydroxyl groups excluding tert-OH is 5. The van der Waals surface area contributed by atoms with Crippen LogP contribution in [0.5, 0.6) is 0 Å². The van der Waals surface area contributed by atoms with Crippen LogP contribution in [0, 0.1) is 0 Å². The molecular weight excluding hydrogens is 907 g/mol. The van der Waals surface area contributed by atoms with Crippen LogP contribution in [0.2, 0.25) is 0 Å². The standard InChI is InChI=1S/C61H111NO10/c1-4-7-10-13-16-19-22-25-27-28-30-33-36-39-42-45-48-54(65)60(69)62-52(53(64)47-44-41-38-35-32-29-24-21-18-15-12-9-6-3)51-70-61-59(58(68)57(67)55(50-63)71-61)72-56(66)49-46-43-40-37-34-31-26-23-20-17-14-11-8-5-2/h8,11,17,20,26,31,44,47,52-55,57-59,61,63-65,67-68H,4-7,9-10,12-16,18-19,21-25,27-30,32-43,45-46,48-51H2,1-3H3,(H,62,69)/b11-8+,20-17+,31-26+,47-44+. The van der Waals surface area contributed by atoms with Gasteiger partial charge in [0.2, 0.25) is 5.91 Å². The van der Waals surface area contributed by atoms with E-state index in [1.54, 1.807) is 6.08 Å². The lowest BCUT2D eigenvalue weighted by Gasteiger charge is -2.41. The van der Waals surface area contributed by atoms with Gasteiger partial charge >= 0.3 is 5.97 Å². The number of hydrogen-bond donors (Lipinski definition) is 6. The molecule has 0 aliphatic carbocycles. The van der Waals surface area contributed by atoms with Gasteiger partial charge in [-0.25, -0.2) is 0 Å². The maximum Gasteiger partial charge on any atom is 0.306 e. The summed E-state index contributed by atoms with van der Waals surface area (Å²) in [5, 5.41) is 56.9. The number of rotatable bonds is 50. The highest BCUT2D eigenvalue weighted by Gasteiger charge is 2.47. The number of nitrogens with one attached hydrogen (secondary N) is 1. The zero-order valence-corrected chi connectivity index (χ0v) is 46.3. The molecule has 1 aliphatic rings. The Labute approximate surface area is 440 Å². The fraction of sp³-hybridized carbons (Fsp3) is 0.836. The predicted molar refractivity (Wildman–Crippen MR) is 297 cm³/mol. The van der Waals surface area contributed by atoms with Gasteiger partial charge in [0, 0.05) is 6.42 Å². The highest BCUT2D eigenvalue weighted by Crippen LogP contribution is 2.26. The molecule has 0 bridgehead atoms. The Kier molecular flexibility index (Phi) is 46.5. The molecule has 11 nitrogen and oxygen atoms in total. The van der Waals surface area contributed by atoms with Crippen LogP contribution >= 0.6 is 0 Å². The summed E-state index contributed by atoms with van der Waals surface area (Å²) in [6.45, 7) is 5.67. The van der Waals surface area contributed by atoms with Crippen molar-refractivity contribution >= 4 is 11.9 Å². The van der Waals surface area contributed by atoms with Crippen molar-refractivity contribution in [2.75, 3.05) is 13.2 Å². The third kappa shape index (κ3) is 37.4. The van der Waals surface area contributed by atoms with Gasteiger partial charge in [-0.05, 0) is 57.8 Å². The second-order valence-corrected chi connectivity index (χ2v) is 20.7. The van der Waals surface area contributed by atoms with E-state index in [4.69, 9.17) is 14.2 Å². The molecule has 0 aromatic carbocycles. The van der Waals surface area contributed by atoms with Gasteiger partial charge in [-0.1, -0.05) is 249 Å². The molecule has 0 saturated carbocycles. The zero-order valence-electron chi connectivity index (χ0n) is 46.3. The summed E-state index contributed by atoms with van der Waals surface area (Å²) in [7, 11) is 0.